The summed E-state index contributed by atoms with van der Waals surface area (Å²) in [5.74, 6) is -0.547. The minimum atomic E-state index is -4.52. The molecule has 31 heavy (non-hydrogen) atoms. The number of carbonyl (C=O) groups is 1. The molecule has 10 heteroatoms. The molecule has 1 aromatic carbocycles. The van der Waals surface area contributed by atoms with Gasteiger partial charge in [-0.15, -0.1) is 0 Å². The van der Waals surface area contributed by atoms with Gasteiger partial charge in [-0.1, -0.05) is 6.07 Å². The largest absolute Gasteiger partial charge is 0.497 e. The van der Waals surface area contributed by atoms with Gasteiger partial charge in [0.25, 0.3) is 0 Å². The summed E-state index contributed by atoms with van der Waals surface area (Å²) in [5.41, 5.74) is 0.520. The summed E-state index contributed by atoms with van der Waals surface area (Å²) in [4.78, 5) is 16.1. The Morgan fingerprint density at radius 1 is 1.32 bits per heavy atom. The molecule has 2 aromatic heterocycles. The van der Waals surface area contributed by atoms with E-state index in [0.717, 1.165) is 12.3 Å². The molecular weight excluding hydrogens is 411 g/mol. The molecule has 0 saturated carbocycles. The summed E-state index contributed by atoms with van der Waals surface area (Å²) in [6.07, 6.45) is -0.579. The quantitative estimate of drug-likeness (QED) is 0.683. The van der Waals surface area contributed by atoms with Gasteiger partial charge in [0.2, 0.25) is 5.91 Å². The zero-order valence-corrected chi connectivity index (χ0v) is 16.2. The molecule has 3 aromatic rings. The van der Waals surface area contributed by atoms with Gasteiger partial charge in [0.15, 0.2) is 5.82 Å². The Balaban J connectivity index is 1.67. The molecule has 2 atom stereocenters. The molecule has 3 heterocycles. The predicted octanol–water partition coefficient (Wildman–Crippen LogP) is 3.86. The van der Waals surface area contributed by atoms with Gasteiger partial charge < -0.3 is 10.1 Å². The molecule has 1 aliphatic heterocycles. The molecule has 2 unspecified atom stereocenters. The van der Waals surface area contributed by atoms with Crippen molar-refractivity contribution in [2.24, 2.45) is 5.92 Å². The number of fused-ring (bicyclic) bond motifs is 1. The number of aromatic nitrogens is 3. The van der Waals surface area contributed by atoms with E-state index in [1.807, 2.05) is 6.07 Å². The lowest BCUT2D eigenvalue weighted by atomic mass is 10.0. The molecule has 0 radical (unpaired) electrons. The lowest BCUT2D eigenvalue weighted by Gasteiger charge is -2.13. The van der Waals surface area contributed by atoms with Gasteiger partial charge in [0, 0.05) is 11.6 Å². The van der Waals surface area contributed by atoms with Crippen molar-refractivity contribution in [2.45, 2.75) is 25.7 Å². The molecule has 1 amide bonds. The van der Waals surface area contributed by atoms with Crippen LogP contribution < -0.4 is 5.32 Å². The Morgan fingerprint density at radius 3 is 2.74 bits per heavy atom. The number of ether oxygens (including phenoxy) is 1. The van der Waals surface area contributed by atoms with Crippen molar-refractivity contribution in [2.75, 3.05) is 5.32 Å². The molecule has 1 N–H and O–H groups in total. The van der Waals surface area contributed by atoms with Gasteiger partial charge in [-0.2, -0.15) is 23.5 Å². The maximum atomic E-state index is 12.7. The highest BCUT2D eigenvalue weighted by atomic mass is 19.4. The van der Waals surface area contributed by atoms with E-state index in [0.29, 0.717) is 22.0 Å². The van der Waals surface area contributed by atoms with Gasteiger partial charge >= 0.3 is 6.18 Å². The van der Waals surface area contributed by atoms with Crippen LogP contribution in [0.25, 0.3) is 10.9 Å². The second kappa shape index (κ2) is 7.75. The van der Waals surface area contributed by atoms with E-state index in [1.54, 1.807) is 35.9 Å². The van der Waals surface area contributed by atoms with E-state index in [9.17, 15) is 23.2 Å². The zero-order chi connectivity index (χ0) is 22.2. The van der Waals surface area contributed by atoms with E-state index in [1.165, 1.54) is 12.3 Å². The molecule has 0 spiro atoms. The third-order valence-corrected chi connectivity index (χ3v) is 4.96. The topological polar surface area (TPSA) is 92.8 Å². The monoisotopic (exact) mass is 427 g/mol. The fourth-order valence-electron chi connectivity index (χ4n) is 3.32. The molecule has 4 rings (SSSR count). The van der Waals surface area contributed by atoms with Gasteiger partial charge in [-0.05, 0) is 42.8 Å². The highest BCUT2D eigenvalue weighted by molar-refractivity contribution is 6.01. The number of pyridine rings is 1. The van der Waals surface area contributed by atoms with Crippen LogP contribution in [0.5, 0.6) is 0 Å². The maximum absolute atomic E-state index is 12.7. The summed E-state index contributed by atoms with van der Waals surface area (Å²) in [6.45, 7) is 1.90. The van der Waals surface area contributed by atoms with Crippen LogP contribution in [0, 0.1) is 17.2 Å². The molecule has 0 bridgehead atoms. The molecule has 0 saturated heterocycles. The van der Waals surface area contributed by atoms with Crippen LogP contribution in [-0.4, -0.2) is 26.8 Å². The highest BCUT2D eigenvalue weighted by Crippen LogP contribution is 2.29. The predicted molar refractivity (Wildman–Crippen MR) is 105 cm³/mol. The molecule has 0 fully saturated rings. The van der Waals surface area contributed by atoms with Crippen LogP contribution in [0.4, 0.5) is 19.0 Å². The average molecular weight is 427 g/mol. The fraction of sp³-hybridized carbons (Fsp3) is 0.238. The first-order valence-corrected chi connectivity index (χ1v) is 9.32. The number of carbonyl (C=O) groups excluding carboxylic acids is 1. The van der Waals surface area contributed by atoms with E-state index in [4.69, 9.17) is 4.74 Å². The number of hydrogen-bond acceptors (Lipinski definition) is 5. The van der Waals surface area contributed by atoms with Gasteiger partial charge in [-0.25, -0.2) is 0 Å². The van der Waals surface area contributed by atoms with E-state index < -0.39 is 17.8 Å². The summed E-state index contributed by atoms with van der Waals surface area (Å²) >= 11 is 0. The number of rotatable bonds is 4. The summed E-state index contributed by atoms with van der Waals surface area (Å²) in [5, 5.41) is 17.0. The Bertz CT molecular complexity index is 1210. The Morgan fingerprint density at radius 2 is 2.13 bits per heavy atom. The lowest BCUT2D eigenvalue weighted by Crippen LogP contribution is -2.28. The standard InChI is InChI=1S/C21H16F3N5O2/c1-12-15(6-7-31-12)20(30)27-19-16-8-13(9-25)2-4-17(16)29(28-19)11-14-3-5-18(26-10-14)21(22,23)24/h2-8,10,12,15H,11H2,1H3,(H,27,28,30). The van der Waals surface area contributed by atoms with Crippen molar-refractivity contribution in [1.82, 2.24) is 14.8 Å². The smallest absolute Gasteiger partial charge is 0.433 e. The minimum Gasteiger partial charge on any atom is -0.497 e. The van der Waals surface area contributed by atoms with Crippen molar-refractivity contribution < 1.29 is 22.7 Å². The van der Waals surface area contributed by atoms with Gasteiger partial charge in [0.05, 0.1) is 35.9 Å². The van der Waals surface area contributed by atoms with Crippen molar-refractivity contribution in [3.8, 4) is 6.07 Å². The van der Waals surface area contributed by atoms with E-state index >= 15 is 0 Å². The number of nitrogens with zero attached hydrogens (tertiary/aromatic N) is 4. The van der Waals surface area contributed by atoms with Crippen LogP contribution in [-0.2, 0) is 22.3 Å². The normalized spacial score (nSPS) is 18.0. The number of nitrogens with one attached hydrogen (secondary N) is 1. The number of anilines is 1. The number of alkyl halides is 3. The third kappa shape index (κ3) is 4.07. The first-order chi connectivity index (χ1) is 14.8. The number of nitriles is 1. The first kappa shape index (κ1) is 20.4. The minimum absolute atomic E-state index is 0.131. The molecule has 0 aliphatic carbocycles. The van der Waals surface area contributed by atoms with Crippen molar-refractivity contribution in [1.29, 1.82) is 5.26 Å². The first-order valence-electron chi connectivity index (χ1n) is 9.32. The average Bonchev–Trinajstić information content (AvgIpc) is 3.31. The van der Waals surface area contributed by atoms with Crippen LogP contribution in [0.2, 0.25) is 0 Å². The number of amides is 1. The molecule has 158 valence electrons. The third-order valence-electron chi connectivity index (χ3n) is 4.96. The highest BCUT2D eigenvalue weighted by Gasteiger charge is 2.32. The van der Waals surface area contributed by atoms with Gasteiger partial charge in [-0.3, -0.25) is 14.5 Å². The zero-order valence-electron chi connectivity index (χ0n) is 16.2. The summed E-state index contributed by atoms with van der Waals surface area (Å²) < 4.78 is 45.1. The fourth-order valence-corrected chi connectivity index (χ4v) is 3.32. The van der Waals surface area contributed by atoms with Crippen molar-refractivity contribution in [3.63, 3.8) is 0 Å². The summed E-state index contributed by atoms with van der Waals surface area (Å²) in [7, 11) is 0. The maximum Gasteiger partial charge on any atom is 0.433 e. The van der Waals surface area contributed by atoms with Crippen LogP contribution in [0.1, 0.15) is 23.7 Å². The number of benzene rings is 1. The Labute approximate surface area is 174 Å². The molecular formula is C21H16F3N5O2. The molecule has 1 aliphatic rings. The summed E-state index contributed by atoms with van der Waals surface area (Å²) in [6, 6.07) is 9.16. The van der Waals surface area contributed by atoms with Crippen LogP contribution in [0.15, 0.2) is 48.9 Å². The van der Waals surface area contributed by atoms with Crippen LogP contribution >= 0.6 is 0 Å². The number of halogens is 3. The van der Waals surface area contributed by atoms with Crippen molar-refractivity contribution in [3.05, 3.63) is 65.7 Å². The molecule has 7 nitrogen and oxygen atoms in total. The Kier molecular flexibility index (Phi) is 5.10. The second-order valence-corrected chi connectivity index (χ2v) is 7.08. The Hall–Kier alpha value is -3.87. The van der Waals surface area contributed by atoms with E-state index in [2.05, 4.69) is 15.4 Å². The van der Waals surface area contributed by atoms with Crippen molar-refractivity contribution >= 4 is 22.6 Å². The number of hydrogen-bond donors (Lipinski definition) is 1. The van der Waals surface area contributed by atoms with E-state index in [-0.39, 0.29) is 24.4 Å². The van der Waals surface area contributed by atoms with Gasteiger partial charge in [0.1, 0.15) is 11.8 Å². The second-order valence-electron chi connectivity index (χ2n) is 7.08. The van der Waals surface area contributed by atoms with Crippen LogP contribution in [0.3, 0.4) is 0 Å². The lowest BCUT2D eigenvalue weighted by molar-refractivity contribution is -0.141. The SMILES string of the molecule is CC1OC=CC1C(=O)Nc1nn(Cc2ccc(C(F)(F)F)nc2)c2ccc(C#N)cc12.